The topological polar surface area (TPSA) is 101 Å². The van der Waals surface area contributed by atoms with Gasteiger partial charge in [0.2, 0.25) is 0 Å². The first-order valence-electron chi connectivity index (χ1n) is 5.50. The average Bonchev–Trinajstić information content (AvgIpc) is 2.46. The number of carbonyl (C=O) groups is 1. The molecule has 0 saturated carbocycles. The van der Waals surface area contributed by atoms with Gasteiger partial charge in [-0.05, 0) is 36.4 Å². The summed E-state index contributed by atoms with van der Waals surface area (Å²) in [4.78, 5) is 15.6. The third kappa shape index (κ3) is 3.29. The number of aromatic hydroxyl groups is 1. The van der Waals surface area contributed by atoms with Gasteiger partial charge in [-0.15, -0.1) is 0 Å². The Labute approximate surface area is 109 Å². The van der Waals surface area contributed by atoms with Crippen LogP contribution in [-0.4, -0.2) is 21.8 Å². The number of phenols is 1. The summed E-state index contributed by atoms with van der Waals surface area (Å²) in [5.41, 5.74) is 9.10. The molecule has 0 aliphatic rings. The molecule has 0 bridgehead atoms. The molecule has 2 rings (SSSR count). The van der Waals surface area contributed by atoms with Crippen LogP contribution in [0.15, 0.2) is 53.9 Å². The van der Waals surface area contributed by atoms with E-state index in [4.69, 9.17) is 10.8 Å². The van der Waals surface area contributed by atoms with E-state index in [9.17, 15) is 4.79 Å². The summed E-state index contributed by atoms with van der Waals surface area (Å²) in [6, 6.07) is 9.19. The normalized spacial score (nSPS) is 11.1. The summed E-state index contributed by atoms with van der Waals surface area (Å²) in [5, 5.41) is 12.9. The zero-order valence-corrected chi connectivity index (χ0v) is 9.95. The lowest BCUT2D eigenvalue weighted by Gasteiger charge is -2.02. The number of nitrogens with one attached hydrogen (secondary N) is 1. The maximum absolute atomic E-state index is 11.7. The number of benzene rings is 1. The van der Waals surface area contributed by atoms with E-state index in [0.29, 0.717) is 11.1 Å². The Hall–Kier alpha value is -2.89. The van der Waals surface area contributed by atoms with E-state index >= 15 is 0 Å². The number of phenolic OH excluding ortho intramolecular Hbond substituents is 1. The first-order valence-corrected chi connectivity index (χ1v) is 5.50. The standard InChI is InChI=1S/C13H12N4O2/c14-12(9-5-7-15-8-6-9)16-17-13(19)10-1-3-11(18)4-2-10/h1-8,18H,(H2,14,16)(H,17,19). The van der Waals surface area contributed by atoms with Crippen molar-refractivity contribution >= 4 is 11.7 Å². The highest BCUT2D eigenvalue weighted by Crippen LogP contribution is 2.09. The quantitative estimate of drug-likeness (QED) is 0.430. The minimum atomic E-state index is -0.406. The highest BCUT2D eigenvalue weighted by atomic mass is 16.3. The molecule has 0 saturated heterocycles. The number of amidine groups is 1. The van der Waals surface area contributed by atoms with Crippen molar-refractivity contribution < 1.29 is 9.90 Å². The van der Waals surface area contributed by atoms with E-state index in [1.807, 2.05) is 0 Å². The summed E-state index contributed by atoms with van der Waals surface area (Å²) in [7, 11) is 0. The second kappa shape index (κ2) is 5.63. The number of pyridine rings is 1. The minimum Gasteiger partial charge on any atom is -0.508 e. The van der Waals surface area contributed by atoms with Gasteiger partial charge in [0.1, 0.15) is 5.75 Å². The zero-order valence-electron chi connectivity index (χ0n) is 9.95. The van der Waals surface area contributed by atoms with Crippen molar-refractivity contribution in [2.45, 2.75) is 0 Å². The number of amides is 1. The number of hydrazone groups is 1. The second-order valence-electron chi connectivity index (χ2n) is 3.72. The number of nitrogens with two attached hydrogens (primary N) is 1. The van der Waals surface area contributed by atoms with Crippen LogP contribution >= 0.6 is 0 Å². The van der Waals surface area contributed by atoms with Crippen molar-refractivity contribution in [2.75, 3.05) is 0 Å². The smallest absolute Gasteiger partial charge is 0.271 e. The number of rotatable bonds is 3. The molecule has 6 nitrogen and oxygen atoms in total. The van der Waals surface area contributed by atoms with Gasteiger partial charge in [0.25, 0.3) is 5.91 Å². The molecule has 1 heterocycles. The van der Waals surface area contributed by atoms with Gasteiger partial charge < -0.3 is 10.8 Å². The van der Waals surface area contributed by atoms with Gasteiger partial charge in [-0.3, -0.25) is 9.78 Å². The van der Waals surface area contributed by atoms with Crippen molar-refractivity contribution in [3.8, 4) is 5.75 Å². The second-order valence-corrected chi connectivity index (χ2v) is 3.72. The fourth-order valence-electron chi connectivity index (χ4n) is 1.38. The number of hydrogen-bond donors (Lipinski definition) is 3. The fraction of sp³-hybridized carbons (Fsp3) is 0. The molecule has 4 N–H and O–H groups in total. The highest BCUT2D eigenvalue weighted by Gasteiger charge is 2.04. The minimum absolute atomic E-state index is 0.0938. The van der Waals surface area contributed by atoms with Crippen molar-refractivity contribution in [2.24, 2.45) is 10.8 Å². The van der Waals surface area contributed by atoms with Gasteiger partial charge in [-0.2, -0.15) is 5.10 Å². The summed E-state index contributed by atoms with van der Waals surface area (Å²) < 4.78 is 0. The van der Waals surface area contributed by atoms with Crippen LogP contribution in [0.2, 0.25) is 0 Å². The van der Waals surface area contributed by atoms with Crippen LogP contribution in [0.25, 0.3) is 0 Å². The number of nitrogens with zero attached hydrogens (tertiary/aromatic N) is 2. The molecular formula is C13H12N4O2. The SMILES string of the molecule is NC(=NNC(=O)c1ccc(O)cc1)c1ccncc1. The maximum Gasteiger partial charge on any atom is 0.271 e. The molecule has 0 fully saturated rings. The molecule has 0 atom stereocenters. The van der Waals surface area contributed by atoms with E-state index < -0.39 is 5.91 Å². The Kier molecular flexibility index (Phi) is 3.72. The van der Waals surface area contributed by atoms with Crippen LogP contribution in [0.3, 0.4) is 0 Å². The lowest BCUT2D eigenvalue weighted by molar-refractivity contribution is 0.0955. The Balaban J connectivity index is 2.06. The molecule has 1 aromatic carbocycles. The molecule has 6 heteroatoms. The lowest BCUT2D eigenvalue weighted by atomic mass is 10.2. The highest BCUT2D eigenvalue weighted by molar-refractivity contribution is 5.99. The third-order valence-electron chi connectivity index (χ3n) is 2.38. The molecule has 1 amide bonds. The van der Waals surface area contributed by atoms with Crippen molar-refractivity contribution in [3.05, 3.63) is 59.9 Å². The average molecular weight is 256 g/mol. The number of aromatic nitrogens is 1. The third-order valence-corrected chi connectivity index (χ3v) is 2.38. The Morgan fingerprint density at radius 3 is 2.37 bits per heavy atom. The molecule has 0 spiro atoms. The first-order chi connectivity index (χ1) is 9.16. The Morgan fingerprint density at radius 1 is 1.11 bits per heavy atom. The van der Waals surface area contributed by atoms with Crippen molar-refractivity contribution in [1.82, 2.24) is 10.4 Å². The van der Waals surface area contributed by atoms with E-state index in [2.05, 4.69) is 15.5 Å². The van der Waals surface area contributed by atoms with Crippen molar-refractivity contribution in [3.63, 3.8) is 0 Å². The first kappa shape index (κ1) is 12.6. The van der Waals surface area contributed by atoms with E-state index in [1.165, 1.54) is 24.3 Å². The van der Waals surface area contributed by atoms with E-state index in [-0.39, 0.29) is 11.6 Å². The Morgan fingerprint density at radius 2 is 1.74 bits per heavy atom. The predicted octanol–water partition coefficient (Wildman–Crippen LogP) is 0.837. The van der Waals surface area contributed by atoms with Gasteiger partial charge in [0, 0.05) is 23.5 Å². The summed E-state index contributed by atoms with van der Waals surface area (Å²) in [5.74, 6) is -0.122. The van der Waals surface area contributed by atoms with Crippen LogP contribution in [-0.2, 0) is 0 Å². The van der Waals surface area contributed by atoms with Crippen LogP contribution < -0.4 is 11.2 Å². The summed E-state index contributed by atoms with van der Waals surface area (Å²) in [6.07, 6.45) is 3.17. The monoisotopic (exact) mass is 256 g/mol. The molecule has 0 aliphatic heterocycles. The Bertz CT molecular complexity index is 594. The van der Waals surface area contributed by atoms with Crippen LogP contribution in [0.1, 0.15) is 15.9 Å². The van der Waals surface area contributed by atoms with Crippen LogP contribution in [0.4, 0.5) is 0 Å². The van der Waals surface area contributed by atoms with E-state index in [1.54, 1.807) is 24.5 Å². The molecule has 0 radical (unpaired) electrons. The van der Waals surface area contributed by atoms with Gasteiger partial charge in [-0.1, -0.05) is 0 Å². The van der Waals surface area contributed by atoms with Crippen LogP contribution in [0.5, 0.6) is 5.75 Å². The molecule has 1 aromatic heterocycles. The van der Waals surface area contributed by atoms with Gasteiger partial charge in [0.15, 0.2) is 5.84 Å². The molecular weight excluding hydrogens is 244 g/mol. The lowest BCUT2D eigenvalue weighted by Crippen LogP contribution is -2.23. The summed E-state index contributed by atoms with van der Waals surface area (Å²) in [6.45, 7) is 0. The molecule has 0 aliphatic carbocycles. The molecule has 96 valence electrons. The maximum atomic E-state index is 11.7. The van der Waals surface area contributed by atoms with Gasteiger partial charge >= 0.3 is 0 Å². The molecule has 2 aromatic rings. The molecule has 0 unspecified atom stereocenters. The van der Waals surface area contributed by atoms with Crippen LogP contribution in [0, 0.1) is 0 Å². The van der Waals surface area contributed by atoms with Crippen molar-refractivity contribution in [1.29, 1.82) is 0 Å². The molecule has 19 heavy (non-hydrogen) atoms. The number of carbonyl (C=O) groups excluding carboxylic acids is 1. The van der Waals surface area contributed by atoms with E-state index in [0.717, 1.165) is 0 Å². The zero-order chi connectivity index (χ0) is 13.7. The van der Waals surface area contributed by atoms with Gasteiger partial charge in [0.05, 0.1) is 0 Å². The predicted molar refractivity (Wildman–Crippen MR) is 70.5 cm³/mol. The van der Waals surface area contributed by atoms with Gasteiger partial charge in [-0.25, -0.2) is 5.43 Å². The fourth-order valence-corrected chi connectivity index (χ4v) is 1.38. The largest absolute Gasteiger partial charge is 0.508 e. The number of hydrogen-bond acceptors (Lipinski definition) is 4. The summed E-state index contributed by atoms with van der Waals surface area (Å²) >= 11 is 0.